The molecule has 0 aliphatic heterocycles. The summed E-state index contributed by atoms with van der Waals surface area (Å²) in [5, 5.41) is 10.1. The Hall–Kier alpha value is -0.900. The van der Waals surface area contributed by atoms with Gasteiger partial charge < -0.3 is 14.6 Å². The highest BCUT2D eigenvalue weighted by Crippen LogP contribution is 2.36. The van der Waals surface area contributed by atoms with E-state index in [-0.39, 0.29) is 6.10 Å². The van der Waals surface area contributed by atoms with Crippen LogP contribution in [0, 0.1) is 11.8 Å². The molecule has 1 fully saturated rings. The minimum absolute atomic E-state index is 0.141. The molecule has 3 nitrogen and oxygen atoms in total. The van der Waals surface area contributed by atoms with E-state index in [1.54, 1.807) is 7.11 Å². The highest BCUT2D eigenvalue weighted by Gasteiger charge is 2.34. The lowest BCUT2D eigenvalue weighted by Gasteiger charge is -2.22. The Balaban J connectivity index is 1.70. The van der Waals surface area contributed by atoms with E-state index in [1.807, 2.05) is 18.2 Å². The van der Waals surface area contributed by atoms with Gasteiger partial charge in [-0.2, -0.15) is 0 Å². The van der Waals surface area contributed by atoms with E-state index < -0.39 is 0 Å². The van der Waals surface area contributed by atoms with E-state index in [9.17, 15) is 5.11 Å². The van der Waals surface area contributed by atoms with Crippen LogP contribution in [0.1, 0.15) is 37.7 Å². The summed E-state index contributed by atoms with van der Waals surface area (Å²) in [6, 6.07) is 10.3. The number of unbranched alkanes of at least 4 members (excludes halogenated alkanes) is 1. The molecule has 21 heavy (non-hydrogen) atoms. The van der Waals surface area contributed by atoms with Crippen LogP contribution in [-0.2, 0) is 16.1 Å². The average Bonchev–Trinajstić information content (AvgIpc) is 2.86. The molecule has 0 spiro atoms. The maximum absolute atomic E-state index is 10.1. The predicted octanol–water partition coefficient (Wildman–Crippen LogP) is 3.41. The Bertz CT molecular complexity index is 379. The monoisotopic (exact) mass is 292 g/mol. The zero-order chi connectivity index (χ0) is 14.9. The summed E-state index contributed by atoms with van der Waals surface area (Å²) in [4.78, 5) is 0. The summed E-state index contributed by atoms with van der Waals surface area (Å²) in [6.45, 7) is 2.25. The maximum atomic E-state index is 10.1. The third-order valence-electron chi connectivity index (χ3n) is 4.51. The molecule has 3 atom stereocenters. The number of ether oxygens (including phenoxy) is 2. The first-order valence-corrected chi connectivity index (χ1v) is 8.10. The van der Waals surface area contributed by atoms with Gasteiger partial charge in [0.2, 0.25) is 0 Å². The van der Waals surface area contributed by atoms with Gasteiger partial charge in [-0.1, -0.05) is 36.8 Å². The maximum Gasteiger partial charge on any atom is 0.0717 e. The molecule has 0 unspecified atom stereocenters. The first-order valence-electron chi connectivity index (χ1n) is 8.10. The van der Waals surface area contributed by atoms with E-state index in [1.165, 1.54) is 5.56 Å². The molecule has 0 amide bonds. The molecule has 3 heteroatoms. The SMILES string of the molecule is COCCCC[C@H]1[C@H](COCc2ccccc2)CC[C@H]1O. The van der Waals surface area contributed by atoms with Gasteiger partial charge >= 0.3 is 0 Å². The fraction of sp³-hybridized carbons (Fsp3) is 0.667. The standard InChI is InChI=1S/C18H28O3/c1-20-12-6-5-9-17-16(10-11-18(17)19)14-21-13-15-7-3-2-4-8-15/h2-4,7-8,16-19H,5-6,9-14H2,1H3/t16-,17-,18+/m0/s1. The van der Waals surface area contributed by atoms with Crippen molar-refractivity contribution in [3.63, 3.8) is 0 Å². The van der Waals surface area contributed by atoms with Crippen LogP contribution in [0.5, 0.6) is 0 Å². The van der Waals surface area contributed by atoms with Crippen molar-refractivity contribution in [2.45, 2.75) is 44.8 Å². The van der Waals surface area contributed by atoms with E-state index in [0.29, 0.717) is 18.4 Å². The second-order valence-electron chi connectivity index (χ2n) is 6.06. The van der Waals surface area contributed by atoms with Crippen LogP contribution >= 0.6 is 0 Å². The molecule has 1 aliphatic carbocycles. The Morgan fingerprint density at radius 3 is 2.71 bits per heavy atom. The molecule has 118 valence electrons. The molecule has 1 aliphatic rings. The molecule has 1 saturated carbocycles. The van der Waals surface area contributed by atoms with Crippen molar-refractivity contribution in [1.82, 2.24) is 0 Å². The molecule has 0 radical (unpaired) electrons. The van der Waals surface area contributed by atoms with E-state index in [4.69, 9.17) is 9.47 Å². The highest BCUT2D eigenvalue weighted by molar-refractivity contribution is 5.13. The number of methoxy groups -OCH3 is 1. The van der Waals surface area contributed by atoms with E-state index in [2.05, 4.69) is 12.1 Å². The predicted molar refractivity (Wildman–Crippen MR) is 84.0 cm³/mol. The fourth-order valence-corrected chi connectivity index (χ4v) is 3.29. The molecule has 0 bridgehead atoms. The van der Waals surface area contributed by atoms with Crippen molar-refractivity contribution >= 4 is 0 Å². The van der Waals surface area contributed by atoms with Gasteiger partial charge in [0.1, 0.15) is 0 Å². The minimum Gasteiger partial charge on any atom is -0.393 e. The van der Waals surface area contributed by atoms with Gasteiger partial charge in [0, 0.05) is 13.7 Å². The lowest BCUT2D eigenvalue weighted by atomic mass is 9.90. The number of rotatable bonds is 9. The average molecular weight is 292 g/mol. The normalized spacial score (nSPS) is 25.3. The van der Waals surface area contributed by atoms with Gasteiger partial charge in [0.15, 0.2) is 0 Å². The molecule has 0 saturated heterocycles. The number of aliphatic hydroxyl groups excluding tert-OH is 1. The van der Waals surface area contributed by atoms with Crippen LogP contribution in [0.4, 0.5) is 0 Å². The van der Waals surface area contributed by atoms with Crippen molar-refractivity contribution < 1.29 is 14.6 Å². The second-order valence-corrected chi connectivity index (χ2v) is 6.06. The van der Waals surface area contributed by atoms with Gasteiger partial charge in [-0.3, -0.25) is 0 Å². The van der Waals surface area contributed by atoms with E-state index >= 15 is 0 Å². The Morgan fingerprint density at radius 1 is 1.14 bits per heavy atom. The summed E-state index contributed by atoms with van der Waals surface area (Å²) in [6.07, 6.45) is 5.17. The van der Waals surface area contributed by atoms with Gasteiger partial charge in [0.25, 0.3) is 0 Å². The second kappa shape index (κ2) is 9.19. The summed E-state index contributed by atoms with van der Waals surface area (Å²) in [5.74, 6) is 0.906. The number of benzene rings is 1. The first kappa shape index (κ1) is 16.5. The van der Waals surface area contributed by atoms with E-state index in [0.717, 1.165) is 45.3 Å². The van der Waals surface area contributed by atoms with Crippen LogP contribution in [0.3, 0.4) is 0 Å². The number of aliphatic hydroxyl groups is 1. The third kappa shape index (κ3) is 5.42. The van der Waals surface area contributed by atoms with Crippen molar-refractivity contribution in [3.05, 3.63) is 35.9 Å². The largest absolute Gasteiger partial charge is 0.393 e. The van der Waals surface area contributed by atoms with Crippen molar-refractivity contribution in [2.24, 2.45) is 11.8 Å². The molecular weight excluding hydrogens is 264 g/mol. The fourth-order valence-electron chi connectivity index (χ4n) is 3.29. The highest BCUT2D eigenvalue weighted by atomic mass is 16.5. The van der Waals surface area contributed by atoms with Crippen LogP contribution in [0.25, 0.3) is 0 Å². The van der Waals surface area contributed by atoms with Crippen molar-refractivity contribution in [2.75, 3.05) is 20.3 Å². The molecule has 1 aromatic carbocycles. The molecule has 1 N–H and O–H groups in total. The molecule has 0 aromatic heterocycles. The molecule has 0 heterocycles. The van der Waals surface area contributed by atoms with Gasteiger partial charge in [-0.25, -0.2) is 0 Å². The minimum atomic E-state index is -0.141. The third-order valence-corrected chi connectivity index (χ3v) is 4.51. The lowest BCUT2D eigenvalue weighted by Crippen LogP contribution is -2.22. The zero-order valence-electron chi connectivity index (χ0n) is 13.0. The zero-order valence-corrected chi connectivity index (χ0v) is 13.0. The van der Waals surface area contributed by atoms with Crippen LogP contribution < -0.4 is 0 Å². The number of hydrogen-bond donors (Lipinski definition) is 1. The lowest BCUT2D eigenvalue weighted by molar-refractivity contribution is 0.0462. The summed E-state index contributed by atoms with van der Waals surface area (Å²) in [7, 11) is 1.74. The Morgan fingerprint density at radius 2 is 1.95 bits per heavy atom. The van der Waals surface area contributed by atoms with Crippen molar-refractivity contribution in [1.29, 1.82) is 0 Å². The quantitative estimate of drug-likeness (QED) is 0.709. The Labute approximate surface area is 128 Å². The Kier molecular flexibility index (Phi) is 7.20. The topological polar surface area (TPSA) is 38.7 Å². The van der Waals surface area contributed by atoms with Crippen molar-refractivity contribution in [3.8, 4) is 0 Å². The number of hydrogen-bond acceptors (Lipinski definition) is 3. The van der Waals surface area contributed by atoms with Gasteiger partial charge in [0.05, 0.1) is 19.3 Å². The van der Waals surface area contributed by atoms with Crippen LogP contribution in [0.2, 0.25) is 0 Å². The van der Waals surface area contributed by atoms with Crippen LogP contribution in [0.15, 0.2) is 30.3 Å². The molecular formula is C18H28O3. The summed E-state index contributed by atoms with van der Waals surface area (Å²) >= 11 is 0. The smallest absolute Gasteiger partial charge is 0.0717 e. The van der Waals surface area contributed by atoms with Gasteiger partial charge in [-0.05, 0) is 43.1 Å². The molecule has 1 aromatic rings. The van der Waals surface area contributed by atoms with Gasteiger partial charge in [-0.15, -0.1) is 0 Å². The summed E-state index contributed by atoms with van der Waals surface area (Å²) < 4.78 is 11.0. The first-order chi connectivity index (χ1) is 10.3. The van der Waals surface area contributed by atoms with Crippen LogP contribution in [-0.4, -0.2) is 31.5 Å². The summed E-state index contributed by atoms with van der Waals surface area (Å²) in [5.41, 5.74) is 1.22. The molecule has 2 rings (SSSR count).